The third kappa shape index (κ3) is 11.4. The van der Waals surface area contributed by atoms with Crippen molar-refractivity contribution in [2.75, 3.05) is 78.5 Å². The minimum Gasteiger partial charge on any atom is -0.469 e. The highest BCUT2D eigenvalue weighted by Gasteiger charge is 2.33. The van der Waals surface area contributed by atoms with E-state index in [0.29, 0.717) is 57.1 Å². The number of nitrogens with zero attached hydrogens (tertiary/aromatic N) is 6. The van der Waals surface area contributed by atoms with Gasteiger partial charge in [-0.05, 0) is 93.8 Å². The summed E-state index contributed by atoms with van der Waals surface area (Å²) in [6.07, 6.45) is 6.25. The molecule has 0 amide bonds. The molecule has 0 spiro atoms. The number of carbonyl (C=O) groups excluding carboxylic acids is 1. The molecule has 2 saturated heterocycles. The summed E-state index contributed by atoms with van der Waals surface area (Å²) in [4.78, 5) is 28.6. The van der Waals surface area contributed by atoms with Crippen molar-refractivity contribution in [2.45, 2.75) is 68.0 Å². The molecule has 0 bridgehead atoms. The lowest BCUT2D eigenvalue weighted by Crippen LogP contribution is -2.55. The molecule has 58 heavy (non-hydrogen) atoms. The fourth-order valence-corrected chi connectivity index (χ4v) is 8.70. The van der Waals surface area contributed by atoms with Gasteiger partial charge in [0.2, 0.25) is 0 Å². The second-order valence-electron chi connectivity index (χ2n) is 15.5. The smallest absolute Gasteiger partial charge is 0.307 e. The van der Waals surface area contributed by atoms with Crippen molar-refractivity contribution in [2.24, 2.45) is 0 Å². The Morgan fingerprint density at radius 3 is 1.55 bits per heavy atom. The first-order valence-corrected chi connectivity index (χ1v) is 22.6. The number of aliphatic hydroxyl groups is 1. The Morgan fingerprint density at radius 2 is 1.17 bits per heavy atom. The summed E-state index contributed by atoms with van der Waals surface area (Å²) >= 11 is 0. The molecule has 0 radical (unpaired) electrons. The Morgan fingerprint density at radius 1 is 0.741 bits per heavy atom. The molecule has 2 atom stereocenters. The number of hydrogen-bond donors (Lipinski definition) is 1. The van der Waals surface area contributed by atoms with Gasteiger partial charge in [-0.15, -0.1) is 0 Å². The first-order chi connectivity index (χ1) is 27.1. The Balaban J connectivity index is 0.000000221. The van der Waals surface area contributed by atoms with Gasteiger partial charge < -0.3 is 29.4 Å². The summed E-state index contributed by atoms with van der Waals surface area (Å²) in [5.41, 5.74) is 2.49. The van der Waals surface area contributed by atoms with Gasteiger partial charge in [0.15, 0.2) is 19.7 Å². The summed E-state index contributed by atoms with van der Waals surface area (Å²) in [6, 6.07) is 15.9. The highest BCUT2D eigenvalue weighted by Crippen LogP contribution is 2.31. The van der Waals surface area contributed by atoms with Crippen LogP contribution in [0.15, 0.2) is 82.8 Å². The van der Waals surface area contributed by atoms with E-state index < -0.39 is 36.9 Å². The molecular formula is C41H52F2N6O7S2. The molecule has 1 N–H and O–H groups in total. The molecule has 2 aliphatic heterocycles. The first-order valence-electron chi connectivity index (χ1n) is 18.8. The number of methoxy groups -OCH3 is 1. The molecule has 2 unspecified atom stereocenters. The number of pyridine rings is 2. The van der Waals surface area contributed by atoms with Gasteiger partial charge in [0, 0.05) is 75.5 Å². The van der Waals surface area contributed by atoms with Crippen LogP contribution < -0.4 is 19.6 Å². The topological polar surface area (TPSA) is 154 Å². The molecule has 4 aromatic rings. The number of anilines is 4. The number of carbonyl (C=O) groups is 1. The number of aromatic nitrogens is 2. The zero-order valence-electron chi connectivity index (χ0n) is 33.9. The Labute approximate surface area is 340 Å². The van der Waals surface area contributed by atoms with E-state index in [0.717, 1.165) is 41.3 Å². The van der Waals surface area contributed by atoms with Gasteiger partial charge in [-0.25, -0.2) is 35.6 Å². The fourth-order valence-electron chi connectivity index (χ4n) is 7.19. The van der Waals surface area contributed by atoms with E-state index in [1.165, 1.54) is 25.3 Å². The SMILES string of the molecule is COC(=O)CC1CN(c2ccc(F)c(S(C)(=O)=O)c2)CCN1c1ccc(C)cn1.Cc1ccc(N2CCN(c3ccc(F)c(S(C)(=O)=O)c3)CC2CC(C)(C)O)nc1. The quantitative estimate of drug-likeness (QED) is 0.214. The van der Waals surface area contributed by atoms with Crippen LogP contribution in [0.2, 0.25) is 0 Å². The van der Waals surface area contributed by atoms with E-state index in [4.69, 9.17) is 4.74 Å². The first kappa shape index (κ1) is 44.2. The number of ether oxygens (including phenoxy) is 1. The molecule has 2 aromatic carbocycles. The molecule has 6 rings (SSSR count). The van der Waals surface area contributed by atoms with Crippen LogP contribution in [0.5, 0.6) is 0 Å². The van der Waals surface area contributed by atoms with Gasteiger partial charge >= 0.3 is 5.97 Å². The number of rotatable bonds is 10. The van der Waals surface area contributed by atoms with Gasteiger partial charge in [-0.2, -0.15) is 0 Å². The molecule has 13 nitrogen and oxygen atoms in total. The van der Waals surface area contributed by atoms with Crippen molar-refractivity contribution in [1.29, 1.82) is 0 Å². The number of piperazine rings is 2. The van der Waals surface area contributed by atoms with E-state index in [1.54, 1.807) is 32.2 Å². The Kier molecular flexibility index (Phi) is 13.7. The maximum absolute atomic E-state index is 14.0. The van der Waals surface area contributed by atoms with Gasteiger partial charge in [-0.1, -0.05) is 12.1 Å². The van der Waals surface area contributed by atoms with E-state index in [1.807, 2.05) is 59.0 Å². The summed E-state index contributed by atoms with van der Waals surface area (Å²) in [5, 5.41) is 10.4. The van der Waals surface area contributed by atoms with Crippen LogP contribution in [0.4, 0.5) is 31.8 Å². The molecule has 2 fully saturated rings. The second kappa shape index (κ2) is 18.0. The van der Waals surface area contributed by atoms with E-state index in [9.17, 15) is 35.5 Å². The van der Waals surface area contributed by atoms with Gasteiger partial charge in [0.25, 0.3) is 0 Å². The van der Waals surface area contributed by atoms with E-state index in [2.05, 4.69) is 14.9 Å². The largest absolute Gasteiger partial charge is 0.469 e. The van der Waals surface area contributed by atoms with E-state index in [-0.39, 0.29) is 34.3 Å². The summed E-state index contributed by atoms with van der Waals surface area (Å²) < 4.78 is 80.3. The normalized spacial score (nSPS) is 17.8. The zero-order valence-corrected chi connectivity index (χ0v) is 35.5. The van der Waals surface area contributed by atoms with Gasteiger partial charge in [0.05, 0.1) is 31.2 Å². The third-order valence-electron chi connectivity index (χ3n) is 10.1. The number of halogens is 2. The number of sulfone groups is 2. The van der Waals surface area contributed by atoms with Crippen molar-refractivity contribution in [1.82, 2.24) is 9.97 Å². The lowest BCUT2D eigenvalue weighted by Gasteiger charge is -2.45. The standard InChI is InChI=1S/C21H28FN3O3S.C20H24FN3O4S/c1-15-5-8-20(23-13-15)25-10-9-24(14-17(25)12-21(2,3)26)16-6-7-18(22)19(11-16)29(4,27)28;1-14-4-7-19(22-12-14)24-9-8-23(13-16(24)11-20(25)28-2)15-5-6-17(21)18(10-15)29(3,26)27/h5-8,11,13,17,26H,9-10,12,14H2,1-4H3;4-7,10,12,16H,8-9,11,13H2,1-3H3. The molecule has 0 aliphatic carbocycles. The van der Waals surface area contributed by atoms with Crippen LogP contribution in [0.1, 0.15) is 37.8 Å². The minimum absolute atomic E-state index is 0.0364. The van der Waals surface area contributed by atoms with Crippen molar-refractivity contribution in [3.8, 4) is 0 Å². The van der Waals surface area contributed by atoms with Gasteiger partial charge in [0.1, 0.15) is 33.1 Å². The third-order valence-corrected chi connectivity index (χ3v) is 12.3. The number of hydrogen-bond acceptors (Lipinski definition) is 13. The van der Waals surface area contributed by atoms with Gasteiger partial charge in [-0.3, -0.25) is 4.79 Å². The second-order valence-corrected chi connectivity index (χ2v) is 19.5. The minimum atomic E-state index is -3.69. The fraction of sp³-hybridized carbons (Fsp3) is 0.439. The average molecular weight is 843 g/mol. The van der Waals surface area contributed by atoms with Crippen molar-refractivity contribution < 1.29 is 40.3 Å². The van der Waals surface area contributed by atoms with Crippen molar-refractivity contribution >= 4 is 48.7 Å². The maximum Gasteiger partial charge on any atom is 0.307 e. The summed E-state index contributed by atoms with van der Waals surface area (Å²) in [7, 11) is -6.00. The summed E-state index contributed by atoms with van der Waals surface area (Å²) in [5.74, 6) is -0.248. The molecule has 4 heterocycles. The van der Waals surface area contributed by atoms with E-state index >= 15 is 0 Å². The Bertz CT molecular complexity index is 2290. The molecule has 17 heteroatoms. The van der Waals surface area contributed by atoms with Crippen LogP contribution in [0.3, 0.4) is 0 Å². The highest BCUT2D eigenvalue weighted by atomic mass is 32.2. The van der Waals surface area contributed by atoms with Crippen molar-refractivity contribution in [3.63, 3.8) is 0 Å². The molecule has 0 saturated carbocycles. The van der Waals surface area contributed by atoms with Crippen LogP contribution in [-0.2, 0) is 29.2 Å². The number of benzene rings is 2. The lowest BCUT2D eigenvalue weighted by molar-refractivity contribution is -0.141. The predicted octanol–water partition coefficient (Wildman–Crippen LogP) is 4.98. The van der Waals surface area contributed by atoms with Crippen LogP contribution in [0, 0.1) is 25.5 Å². The number of aryl methyl sites for hydroxylation is 2. The van der Waals surface area contributed by atoms with Crippen LogP contribution >= 0.6 is 0 Å². The zero-order chi connectivity index (χ0) is 42.6. The number of esters is 1. The molecular weight excluding hydrogens is 791 g/mol. The maximum atomic E-state index is 14.0. The van der Waals surface area contributed by atoms with Crippen molar-refractivity contribution in [3.05, 3.63) is 95.8 Å². The molecule has 2 aliphatic rings. The van der Waals surface area contributed by atoms with Crippen LogP contribution in [0.25, 0.3) is 0 Å². The molecule has 2 aromatic heterocycles. The molecule has 314 valence electrons. The van der Waals surface area contributed by atoms with Crippen LogP contribution in [-0.4, -0.2) is 114 Å². The Hall–Kier alpha value is -4.87. The lowest BCUT2D eigenvalue weighted by atomic mass is 9.95. The highest BCUT2D eigenvalue weighted by molar-refractivity contribution is 7.91. The predicted molar refractivity (Wildman–Crippen MR) is 221 cm³/mol. The monoisotopic (exact) mass is 842 g/mol. The summed E-state index contributed by atoms with van der Waals surface area (Å²) in [6.45, 7) is 10.9. The average Bonchev–Trinajstić information content (AvgIpc) is 3.15.